The molecule has 146 valence electrons. The highest BCUT2D eigenvalue weighted by atomic mass is 35.5. The molecular weight excluding hydrogens is 429 g/mol. The molecule has 1 amide bonds. The molecule has 0 atom stereocenters. The normalized spacial score (nSPS) is 10.9. The number of nitrogens with two attached hydrogens (primary N) is 1. The van der Waals surface area contributed by atoms with Crippen LogP contribution in [-0.4, -0.2) is 18.0 Å². The van der Waals surface area contributed by atoms with E-state index < -0.39 is 0 Å². The number of carbonyl (C=O) groups is 1. The summed E-state index contributed by atoms with van der Waals surface area (Å²) in [5, 5.41) is 4.38. The molecule has 0 bridgehead atoms. The number of hydrogen-bond acceptors (Lipinski definition) is 5. The maximum Gasteiger partial charge on any atom is 0.267 e. The Hall–Kier alpha value is -2.80. The van der Waals surface area contributed by atoms with E-state index in [0.717, 1.165) is 22.4 Å². The summed E-state index contributed by atoms with van der Waals surface area (Å²) in [6, 6.07) is 16.2. The largest absolute Gasteiger partial charge is 0.497 e. The van der Waals surface area contributed by atoms with E-state index in [9.17, 15) is 4.79 Å². The Balaban J connectivity index is 1.68. The van der Waals surface area contributed by atoms with Crippen LogP contribution in [0.15, 0.2) is 54.6 Å². The lowest BCUT2D eigenvalue weighted by Gasteiger charge is -2.05. The number of hydrogen-bond donors (Lipinski definition) is 2. The number of anilines is 2. The van der Waals surface area contributed by atoms with Crippen molar-refractivity contribution in [2.24, 2.45) is 0 Å². The minimum absolute atomic E-state index is 0.341. The Labute approximate surface area is 181 Å². The molecule has 0 saturated heterocycles. The molecule has 0 fully saturated rings. The number of pyridine rings is 1. The number of methoxy groups -OCH3 is 1. The lowest BCUT2D eigenvalue weighted by atomic mass is 10.1. The highest BCUT2D eigenvalue weighted by Gasteiger charge is 2.18. The second kappa shape index (κ2) is 7.91. The number of rotatable bonds is 4. The Bertz CT molecular complexity index is 1220. The van der Waals surface area contributed by atoms with Crippen molar-refractivity contribution in [1.82, 2.24) is 4.98 Å². The highest BCUT2D eigenvalue weighted by molar-refractivity contribution is 7.21. The number of carbonyl (C=O) groups excluding carboxylic acids is 1. The van der Waals surface area contributed by atoms with E-state index in [0.29, 0.717) is 31.1 Å². The fourth-order valence-electron chi connectivity index (χ4n) is 2.92. The second-order valence-electron chi connectivity index (χ2n) is 6.24. The van der Waals surface area contributed by atoms with E-state index in [-0.39, 0.29) is 5.91 Å². The van der Waals surface area contributed by atoms with Crippen LogP contribution in [-0.2, 0) is 0 Å². The van der Waals surface area contributed by atoms with Crippen molar-refractivity contribution in [1.29, 1.82) is 0 Å². The summed E-state index contributed by atoms with van der Waals surface area (Å²) in [7, 11) is 1.62. The molecule has 8 heteroatoms. The number of nitrogens with zero attached hydrogens (tertiary/aromatic N) is 1. The molecule has 0 aliphatic heterocycles. The fourth-order valence-corrected chi connectivity index (χ4v) is 4.44. The Morgan fingerprint density at radius 3 is 2.59 bits per heavy atom. The van der Waals surface area contributed by atoms with Gasteiger partial charge in [0.2, 0.25) is 0 Å². The van der Waals surface area contributed by atoms with Crippen LogP contribution in [0.4, 0.5) is 11.4 Å². The van der Waals surface area contributed by atoms with Crippen molar-refractivity contribution in [2.45, 2.75) is 0 Å². The number of aromatic nitrogens is 1. The first-order chi connectivity index (χ1) is 13.9. The molecule has 0 aliphatic rings. The first kappa shape index (κ1) is 19.5. The van der Waals surface area contributed by atoms with Crippen molar-refractivity contribution >= 4 is 62.0 Å². The predicted molar refractivity (Wildman–Crippen MR) is 120 cm³/mol. The number of benzene rings is 2. The molecular formula is C21H15Cl2N3O2S. The molecule has 4 rings (SSSR count). The molecule has 3 N–H and O–H groups in total. The quantitative estimate of drug-likeness (QED) is 0.398. The molecule has 0 spiro atoms. The number of nitrogen functional groups attached to an aromatic ring is 1. The summed E-state index contributed by atoms with van der Waals surface area (Å²) < 4.78 is 5.27. The lowest BCUT2D eigenvalue weighted by molar-refractivity contribution is 0.103. The SMILES string of the molecule is COc1cccc(-c2ccc3c(N)c(C(=O)Nc4cc(Cl)cc(Cl)c4)sc3n2)c1. The van der Waals surface area contributed by atoms with Crippen LogP contribution in [0.5, 0.6) is 5.75 Å². The van der Waals surface area contributed by atoms with Crippen LogP contribution in [0, 0.1) is 0 Å². The van der Waals surface area contributed by atoms with Gasteiger partial charge < -0.3 is 15.8 Å². The van der Waals surface area contributed by atoms with Crippen LogP contribution in [0.1, 0.15) is 9.67 Å². The van der Waals surface area contributed by atoms with Gasteiger partial charge >= 0.3 is 0 Å². The molecule has 4 aromatic rings. The summed E-state index contributed by atoms with van der Waals surface area (Å²) in [6.07, 6.45) is 0. The molecule has 2 aromatic carbocycles. The average Bonchev–Trinajstić information content (AvgIpc) is 3.03. The molecule has 29 heavy (non-hydrogen) atoms. The highest BCUT2D eigenvalue weighted by Crippen LogP contribution is 2.35. The molecule has 0 saturated carbocycles. The molecule has 0 unspecified atom stereocenters. The summed E-state index contributed by atoms with van der Waals surface area (Å²) in [6.45, 7) is 0. The Morgan fingerprint density at radius 1 is 1.10 bits per heavy atom. The smallest absolute Gasteiger partial charge is 0.267 e. The van der Waals surface area contributed by atoms with Gasteiger partial charge in [-0.3, -0.25) is 4.79 Å². The third-order valence-corrected chi connectivity index (χ3v) is 5.84. The van der Waals surface area contributed by atoms with Gasteiger partial charge in [-0.1, -0.05) is 35.3 Å². The van der Waals surface area contributed by atoms with Crippen LogP contribution in [0.2, 0.25) is 10.0 Å². The van der Waals surface area contributed by atoms with Crippen LogP contribution < -0.4 is 15.8 Å². The van der Waals surface area contributed by atoms with Gasteiger partial charge in [-0.25, -0.2) is 4.98 Å². The number of ether oxygens (including phenoxy) is 1. The zero-order valence-corrected chi connectivity index (χ0v) is 17.5. The minimum Gasteiger partial charge on any atom is -0.497 e. The number of amides is 1. The topological polar surface area (TPSA) is 77.2 Å². The van der Waals surface area contributed by atoms with Crippen LogP contribution >= 0.6 is 34.5 Å². The van der Waals surface area contributed by atoms with E-state index in [2.05, 4.69) is 10.3 Å². The Kier molecular flexibility index (Phi) is 5.32. The third kappa shape index (κ3) is 4.00. The molecule has 0 radical (unpaired) electrons. The van der Waals surface area contributed by atoms with E-state index in [4.69, 9.17) is 33.7 Å². The van der Waals surface area contributed by atoms with Gasteiger partial charge in [-0.2, -0.15) is 0 Å². The number of thiophene rings is 1. The first-order valence-electron chi connectivity index (χ1n) is 8.55. The van der Waals surface area contributed by atoms with Gasteiger partial charge in [-0.05, 0) is 42.5 Å². The van der Waals surface area contributed by atoms with Crippen molar-refractivity contribution in [3.05, 3.63) is 69.5 Å². The predicted octanol–water partition coefficient (Wildman–Crippen LogP) is 6.11. The maximum absolute atomic E-state index is 12.8. The molecule has 2 heterocycles. The van der Waals surface area contributed by atoms with Gasteiger partial charge in [-0.15, -0.1) is 11.3 Å². The summed E-state index contributed by atoms with van der Waals surface area (Å²) >= 11 is 13.2. The standard InChI is InChI=1S/C21H15Cl2N3O2S/c1-28-15-4-2-3-11(7-15)17-6-5-16-18(24)19(29-21(16)26-17)20(27)25-14-9-12(22)8-13(23)10-14/h2-10H,24H2,1H3,(H,25,27). The summed E-state index contributed by atoms with van der Waals surface area (Å²) in [5.41, 5.74) is 8.79. The maximum atomic E-state index is 12.8. The zero-order chi connectivity index (χ0) is 20.5. The average molecular weight is 444 g/mol. The molecule has 5 nitrogen and oxygen atoms in total. The van der Waals surface area contributed by atoms with Crippen molar-refractivity contribution in [3.63, 3.8) is 0 Å². The van der Waals surface area contributed by atoms with E-state index >= 15 is 0 Å². The van der Waals surface area contributed by atoms with E-state index in [1.54, 1.807) is 25.3 Å². The second-order valence-corrected chi connectivity index (χ2v) is 8.11. The third-order valence-electron chi connectivity index (χ3n) is 4.29. The van der Waals surface area contributed by atoms with Gasteiger partial charge in [0, 0.05) is 26.7 Å². The van der Waals surface area contributed by atoms with E-state index in [1.807, 2.05) is 36.4 Å². The number of halogens is 2. The zero-order valence-electron chi connectivity index (χ0n) is 15.2. The van der Waals surface area contributed by atoms with Gasteiger partial charge in [0.25, 0.3) is 5.91 Å². The van der Waals surface area contributed by atoms with Gasteiger partial charge in [0.05, 0.1) is 18.5 Å². The number of fused-ring (bicyclic) bond motifs is 1. The van der Waals surface area contributed by atoms with Crippen molar-refractivity contribution < 1.29 is 9.53 Å². The van der Waals surface area contributed by atoms with Crippen molar-refractivity contribution in [2.75, 3.05) is 18.2 Å². The fraction of sp³-hybridized carbons (Fsp3) is 0.0476. The van der Waals surface area contributed by atoms with Gasteiger partial charge in [0.15, 0.2) is 0 Å². The van der Waals surface area contributed by atoms with E-state index in [1.165, 1.54) is 11.3 Å². The Morgan fingerprint density at radius 2 is 1.86 bits per heavy atom. The number of nitrogens with one attached hydrogen (secondary N) is 1. The minimum atomic E-state index is -0.341. The summed E-state index contributed by atoms with van der Waals surface area (Å²) in [5.74, 6) is 0.405. The van der Waals surface area contributed by atoms with Gasteiger partial charge in [0.1, 0.15) is 15.5 Å². The summed E-state index contributed by atoms with van der Waals surface area (Å²) in [4.78, 5) is 18.5. The van der Waals surface area contributed by atoms with Crippen molar-refractivity contribution in [3.8, 4) is 17.0 Å². The first-order valence-corrected chi connectivity index (χ1v) is 10.1. The van der Waals surface area contributed by atoms with Crippen LogP contribution in [0.3, 0.4) is 0 Å². The molecule has 0 aliphatic carbocycles. The van der Waals surface area contributed by atoms with Crippen LogP contribution in [0.25, 0.3) is 21.5 Å². The monoisotopic (exact) mass is 443 g/mol. The molecule has 2 aromatic heterocycles. The lowest BCUT2D eigenvalue weighted by Crippen LogP contribution is -2.11.